The molecule has 0 radical (unpaired) electrons. The molecule has 0 saturated heterocycles. The number of halogens is 1. The molecule has 0 aliphatic heterocycles. The first-order chi connectivity index (χ1) is 11.0. The van der Waals surface area contributed by atoms with Crippen molar-refractivity contribution in [3.05, 3.63) is 65.5 Å². The minimum Gasteiger partial charge on any atom is -0.487 e. The van der Waals surface area contributed by atoms with Gasteiger partial charge in [0.2, 0.25) is 5.91 Å². The van der Waals surface area contributed by atoms with Crippen molar-refractivity contribution in [3.8, 4) is 5.75 Å². The van der Waals surface area contributed by atoms with Crippen LogP contribution in [0.15, 0.2) is 48.5 Å². The zero-order valence-electron chi connectivity index (χ0n) is 13.1. The topological polar surface area (TPSA) is 55.6 Å². The van der Waals surface area contributed by atoms with Gasteiger partial charge in [-0.3, -0.25) is 4.79 Å². The normalized spacial score (nSPS) is 10.7. The van der Waals surface area contributed by atoms with Gasteiger partial charge in [0, 0.05) is 20.2 Å². The summed E-state index contributed by atoms with van der Waals surface area (Å²) < 4.78 is 18.7. The zero-order valence-corrected chi connectivity index (χ0v) is 13.1. The van der Waals surface area contributed by atoms with Crippen LogP contribution in [0, 0.1) is 5.82 Å². The van der Waals surface area contributed by atoms with Crippen molar-refractivity contribution in [1.29, 1.82) is 0 Å². The van der Waals surface area contributed by atoms with Crippen LogP contribution in [0.25, 0.3) is 6.08 Å². The van der Waals surface area contributed by atoms with Gasteiger partial charge in [-0.15, -0.1) is 0 Å². The highest BCUT2D eigenvalue weighted by atomic mass is 19.1. The first kappa shape index (κ1) is 16.5. The predicted octanol–water partition coefficient (Wildman–Crippen LogP) is 3.09. The second-order valence-electron chi connectivity index (χ2n) is 5.28. The Morgan fingerprint density at radius 3 is 2.70 bits per heavy atom. The number of ether oxygens (including phenoxy) is 1. The average Bonchev–Trinajstić information content (AvgIpc) is 2.51. The summed E-state index contributed by atoms with van der Waals surface area (Å²) in [6.07, 6.45) is 3.16. The third kappa shape index (κ3) is 4.85. The molecule has 5 heteroatoms. The van der Waals surface area contributed by atoms with E-state index < -0.39 is 0 Å². The van der Waals surface area contributed by atoms with Crippen molar-refractivity contribution in [2.75, 3.05) is 19.8 Å². The van der Waals surface area contributed by atoms with Crippen LogP contribution in [0.2, 0.25) is 0 Å². The molecule has 2 aromatic rings. The summed E-state index contributed by atoms with van der Waals surface area (Å²) in [6.45, 7) is 0.232. The van der Waals surface area contributed by atoms with Crippen molar-refractivity contribution in [1.82, 2.24) is 4.90 Å². The lowest BCUT2D eigenvalue weighted by molar-refractivity contribution is -0.123. The van der Waals surface area contributed by atoms with Crippen LogP contribution in [0.4, 0.5) is 10.1 Å². The Balaban J connectivity index is 2.03. The van der Waals surface area contributed by atoms with Gasteiger partial charge in [0.15, 0.2) is 0 Å². The van der Waals surface area contributed by atoms with Gasteiger partial charge >= 0.3 is 0 Å². The van der Waals surface area contributed by atoms with Crippen LogP contribution in [-0.4, -0.2) is 24.9 Å². The van der Waals surface area contributed by atoms with E-state index in [0.717, 1.165) is 11.1 Å². The highest BCUT2D eigenvalue weighted by Gasteiger charge is 2.03. The number of carbonyl (C=O) groups excluding carboxylic acids is 1. The molecule has 23 heavy (non-hydrogen) atoms. The Labute approximate surface area is 135 Å². The maximum Gasteiger partial charge on any atom is 0.246 e. The zero-order chi connectivity index (χ0) is 16.8. The summed E-state index contributed by atoms with van der Waals surface area (Å²) in [5.41, 5.74) is 7.94. The van der Waals surface area contributed by atoms with Gasteiger partial charge < -0.3 is 15.4 Å². The van der Waals surface area contributed by atoms with Crippen LogP contribution in [0.3, 0.4) is 0 Å². The number of rotatable bonds is 5. The molecule has 0 atom stereocenters. The maximum atomic E-state index is 13.1. The molecular weight excluding hydrogens is 295 g/mol. The van der Waals surface area contributed by atoms with Crippen LogP contribution >= 0.6 is 0 Å². The van der Waals surface area contributed by atoms with Crippen LogP contribution in [0.1, 0.15) is 11.1 Å². The van der Waals surface area contributed by atoms with Crippen molar-refractivity contribution < 1.29 is 13.9 Å². The molecular formula is C18H19FN2O2. The second kappa shape index (κ2) is 7.45. The third-order valence-corrected chi connectivity index (χ3v) is 3.18. The van der Waals surface area contributed by atoms with Gasteiger partial charge in [-0.25, -0.2) is 4.39 Å². The quantitative estimate of drug-likeness (QED) is 0.681. The first-order valence-electron chi connectivity index (χ1n) is 7.12. The number of amides is 1. The predicted molar refractivity (Wildman–Crippen MR) is 89.3 cm³/mol. The number of nitrogen functional groups attached to an aromatic ring is 1. The lowest BCUT2D eigenvalue weighted by Gasteiger charge is -2.10. The van der Waals surface area contributed by atoms with Gasteiger partial charge in [-0.1, -0.05) is 18.2 Å². The number of anilines is 1. The van der Waals surface area contributed by atoms with E-state index in [2.05, 4.69) is 0 Å². The Bertz CT molecular complexity index is 727. The Kier molecular flexibility index (Phi) is 5.36. The van der Waals surface area contributed by atoms with Gasteiger partial charge in [-0.2, -0.15) is 0 Å². The molecule has 0 saturated carbocycles. The number of carbonyl (C=O) groups is 1. The average molecular weight is 314 g/mol. The fourth-order valence-corrected chi connectivity index (χ4v) is 1.91. The summed E-state index contributed by atoms with van der Waals surface area (Å²) in [5.74, 6) is 0.116. The summed E-state index contributed by atoms with van der Waals surface area (Å²) in [5, 5.41) is 0. The highest BCUT2D eigenvalue weighted by Crippen LogP contribution is 2.24. The van der Waals surface area contributed by atoms with E-state index in [1.165, 1.54) is 23.1 Å². The van der Waals surface area contributed by atoms with E-state index in [1.54, 1.807) is 50.5 Å². The molecule has 0 bridgehead atoms. The summed E-state index contributed by atoms with van der Waals surface area (Å²) in [6, 6.07) is 11.5. The highest BCUT2D eigenvalue weighted by molar-refractivity contribution is 5.91. The summed E-state index contributed by atoms with van der Waals surface area (Å²) in [4.78, 5) is 13.0. The van der Waals surface area contributed by atoms with E-state index in [9.17, 15) is 9.18 Å². The van der Waals surface area contributed by atoms with Gasteiger partial charge in [0.25, 0.3) is 0 Å². The molecule has 0 aromatic heterocycles. The second-order valence-corrected chi connectivity index (χ2v) is 5.28. The lowest BCUT2D eigenvalue weighted by atomic mass is 10.1. The monoisotopic (exact) mass is 314 g/mol. The largest absolute Gasteiger partial charge is 0.487 e. The molecule has 120 valence electrons. The van der Waals surface area contributed by atoms with Crippen LogP contribution < -0.4 is 10.5 Å². The number of hydrogen-bond donors (Lipinski definition) is 1. The van der Waals surface area contributed by atoms with E-state index >= 15 is 0 Å². The molecule has 2 N–H and O–H groups in total. The summed E-state index contributed by atoms with van der Waals surface area (Å²) >= 11 is 0. The number of nitrogens with two attached hydrogens (primary N) is 1. The van der Waals surface area contributed by atoms with E-state index in [4.69, 9.17) is 10.5 Å². The molecule has 0 aliphatic carbocycles. The number of hydrogen-bond acceptors (Lipinski definition) is 3. The van der Waals surface area contributed by atoms with E-state index in [-0.39, 0.29) is 18.3 Å². The number of likely N-dealkylation sites (N-methyl/N-ethyl adjacent to an activating group) is 1. The SMILES string of the molecule is CN(C)C(=O)/C=C\c1ccc(OCc2cccc(F)c2)c(N)c1. The fraction of sp³-hybridized carbons (Fsp3) is 0.167. The minimum absolute atomic E-state index is 0.102. The fourth-order valence-electron chi connectivity index (χ4n) is 1.91. The van der Waals surface area contributed by atoms with E-state index in [1.807, 2.05) is 0 Å². The van der Waals surface area contributed by atoms with Crippen LogP contribution in [-0.2, 0) is 11.4 Å². The first-order valence-corrected chi connectivity index (χ1v) is 7.12. The molecule has 0 heterocycles. The molecule has 4 nitrogen and oxygen atoms in total. The smallest absolute Gasteiger partial charge is 0.246 e. The number of nitrogens with zero attached hydrogens (tertiary/aromatic N) is 1. The Morgan fingerprint density at radius 2 is 2.04 bits per heavy atom. The molecule has 0 unspecified atom stereocenters. The van der Waals surface area contributed by atoms with Crippen molar-refractivity contribution in [3.63, 3.8) is 0 Å². The van der Waals surface area contributed by atoms with Gasteiger partial charge in [0.05, 0.1) is 5.69 Å². The Hall–Kier alpha value is -2.82. The summed E-state index contributed by atoms with van der Waals surface area (Å²) in [7, 11) is 3.37. The van der Waals surface area contributed by atoms with E-state index in [0.29, 0.717) is 11.4 Å². The molecule has 1 amide bonds. The lowest BCUT2D eigenvalue weighted by Crippen LogP contribution is -2.18. The molecule has 0 aliphatic rings. The molecule has 2 aromatic carbocycles. The number of benzene rings is 2. The van der Waals surface area contributed by atoms with Gasteiger partial charge in [-0.05, 0) is 41.5 Å². The molecule has 0 spiro atoms. The van der Waals surface area contributed by atoms with Crippen molar-refractivity contribution >= 4 is 17.7 Å². The minimum atomic E-state index is -0.301. The standard InChI is InChI=1S/C18H19FN2O2/c1-21(2)18(22)9-7-13-6-8-17(16(20)11-13)23-12-14-4-3-5-15(19)10-14/h3-11H,12,20H2,1-2H3/b9-7-. The van der Waals surface area contributed by atoms with Crippen molar-refractivity contribution in [2.24, 2.45) is 0 Å². The van der Waals surface area contributed by atoms with Crippen LogP contribution in [0.5, 0.6) is 5.75 Å². The Morgan fingerprint density at radius 1 is 1.26 bits per heavy atom. The maximum absolute atomic E-state index is 13.1. The molecule has 2 rings (SSSR count). The third-order valence-electron chi connectivity index (χ3n) is 3.18. The van der Waals surface area contributed by atoms with Crippen molar-refractivity contribution in [2.45, 2.75) is 6.61 Å². The molecule has 0 fully saturated rings. The van der Waals surface area contributed by atoms with Gasteiger partial charge in [0.1, 0.15) is 18.2 Å².